The Balaban J connectivity index is 1.98. The van der Waals surface area contributed by atoms with Gasteiger partial charge in [-0.3, -0.25) is 9.36 Å². The maximum absolute atomic E-state index is 12.7. The van der Waals surface area contributed by atoms with Crippen molar-refractivity contribution in [3.63, 3.8) is 0 Å². The van der Waals surface area contributed by atoms with Gasteiger partial charge in [0.2, 0.25) is 5.60 Å². The Bertz CT molecular complexity index is 1040. The molecule has 0 aliphatic heterocycles. The highest BCUT2D eigenvalue weighted by Crippen LogP contribution is 2.23. The summed E-state index contributed by atoms with van der Waals surface area (Å²) >= 11 is 0. The summed E-state index contributed by atoms with van der Waals surface area (Å²) < 4.78 is 13.7. The molecule has 0 saturated heterocycles. The Hall–Kier alpha value is -3.10. The molecule has 1 heterocycles. The number of aromatic nitrogens is 3. The fraction of sp³-hybridized carbons (Fsp3) is 0.600. The zero-order valence-electron chi connectivity index (χ0n) is 20.7. The van der Waals surface area contributed by atoms with E-state index in [1.807, 2.05) is 19.1 Å². The molecular formula is C25H37N3O6. The van der Waals surface area contributed by atoms with Crippen LogP contribution in [-0.2, 0) is 24.8 Å². The minimum absolute atomic E-state index is 0.0904. The second-order valence-electron chi connectivity index (χ2n) is 8.71. The SMILES string of the molecule is CCCCCCCn1c(=O)c(OCCc2ccc(OC(C)(CCC)C(=O)O)cc2)nn(C)c1=O. The second kappa shape index (κ2) is 13.0. The number of nitrogens with zero attached hydrogens (tertiary/aromatic N) is 3. The third-order valence-electron chi connectivity index (χ3n) is 5.74. The van der Waals surface area contributed by atoms with Gasteiger partial charge in [-0.25, -0.2) is 14.3 Å². The lowest BCUT2D eigenvalue weighted by molar-refractivity contribution is -0.154. The van der Waals surface area contributed by atoms with Gasteiger partial charge in [0.1, 0.15) is 5.75 Å². The Kier molecular flexibility index (Phi) is 10.3. The van der Waals surface area contributed by atoms with Crippen molar-refractivity contribution in [3.8, 4) is 11.6 Å². The molecule has 1 unspecified atom stereocenters. The molecule has 0 aliphatic rings. The topological polar surface area (TPSA) is 113 Å². The second-order valence-corrected chi connectivity index (χ2v) is 8.71. The minimum Gasteiger partial charge on any atom is -0.478 e. The molecule has 9 heteroatoms. The van der Waals surface area contributed by atoms with Gasteiger partial charge in [-0.1, -0.05) is 58.1 Å². The molecule has 1 atom stereocenters. The lowest BCUT2D eigenvalue weighted by Gasteiger charge is -2.26. The predicted molar refractivity (Wildman–Crippen MR) is 130 cm³/mol. The maximum atomic E-state index is 12.7. The number of rotatable bonds is 15. The number of carboxylic acids is 1. The molecule has 0 saturated carbocycles. The first-order valence-electron chi connectivity index (χ1n) is 12.0. The summed E-state index contributed by atoms with van der Waals surface area (Å²) in [6.07, 6.45) is 6.68. The molecule has 0 fully saturated rings. The van der Waals surface area contributed by atoms with Gasteiger partial charge in [0, 0.05) is 20.0 Å². The molecule has 0 amide bonds. The van der Waals surface area contributed by atoms with Crippen molar-refractivity contribution in [1.82, 2.24) is 14.3 Å². The number of aliphatic carboxylic acids is 1. The van der Waals surface area contributed by atoms with Crippen molar-refractivity contribution in [1.29, 1.82) is 0 Å². The molecule has 0 aliphatic carbocycles. The molecule has 1 aromatic heterocycles. The van der Waals surface area contributed by atoms with Crippen LogP contribution in [0.5, 0.6) is 11.6 Å². The number of hydrogen-bond donors (Lipinski definition) is 1. The average molecular weight is 476 g/mol. The van der Waals surface area contributed by atoms with E-state index in [1.165, 1.54) is 11.6 Å². The lowest BCUT2D eigenvalue weighted by atomic mass is 10.0. The van der Waals surface area contributed by atoms with Gasteiger partial charge < -0.3 is 14.6 Å². The standard InChI is InChI=1S/C25H37N3O6/c1-5-7-8-9-10-17-28-22(29)21(26-27(4)24(28)32)33-18-15-19-11-13-20(14-12-19)34-25(3,16-6-2)23(30)31/h11-14H,5-10,15-18H2,1-4H3,(H,30,31). The molecule has 1 aromatic carbocycles. The van der Waals surface area contributed by atoms with Gasteiger partial charge in [-0.15, -0.1) is 5.10 Å². The molecule has 0 bridgehead atoms. The van der Waals surface area contributed by atoms with Crippen molar-refractivity contribution in [3.05, 3.63) is 50.7 Å². The van der Waals surface area contributed by atoms with Gasteiger partial charge >= 0.3 is 17.2 Å². The van der Waals surface area contributed by atoms with Crippen molar-refractivity contribution >= 4 is 5.97 Å². The van der Waals surface area contributed by atoms with Crippen LogP contribution in [0.1, 0.15) is 71.3 Å². The normalized spacial score (nSPS) is 12.8. The van der Waals surface area contributed by atoms with Gasteiger partial charge in [-0.05, 0) is 37.5 Å². The summed E-state index contributed by atoms with van der Waals surface area (Å²) in [4.78, 5) is 36.6. The number of ether oxygens (including phenoxy) is 2. The lowest BCUT2D eigenvalue weighted by Crippen LogP contribution is -2.41. The summed E-state index contributed by atoms with van der Waals surface area (Å²) in [7, 11) is 1.50. The first-order chi connectivity index (χ1) is 16.2. The first-order valence-corrected chi connectivity index (χ1v) is 12.0. The van der Waals surface area contributed by atoms with E-state index in [2.05, 4.69) is 12.0 Å². The van der Waals surface area contributed by atoms with Crippen molar-refractivity contribution in [2.75, 3.05) is 6.61 Å². The van der Waals surface area contributed by atoms with Crippen LogP contribution in [-0.4, -0.2) is 37.6 Å². The van der Waals surface area contributed by atoms with E-state index >= 15 is 0 Å². The monoisotopic (exact) mass is 475 g/mol. The Morgan fingerprint density at radius 1 is 1.06 bits per heavy atom. The smallest absolute Gasteiger partial charge is 0.347 e. The molecule has 1 N–H and O–H groups in total. The third kappa shape index (κ3) is 7.46. The van der Waals surface area contributed by atoms with Crippen LogP contribution in [0, 0.1) is 0 Å². The number of aryl methyl sites for hydroxylation is 1. The molecule has 188 valence electrons. The van der Waals surface area contributed by atoms with Crippen LogP contribution in [0.15, 0.2) is 33.9 Å². The fourth-order valence-electron chi connectivity index (χ4n) is 3.69. The number of carboxylic acid groups (broad SMARTS) is 1. The molecule has 2 rings (SSSR count). The zero-order valence-corrected chi connectivity index (χ0v) is 20.7. The Morgan fingerprint density at radius 3 is 2.35 bits per heavy atom. The number of benzene rings is 1. The van der Waals surface area contributed by atoms with E-state index in [4.69, 9.17) is 9.47 Å². The fourth-order valence-corrected chi connectivity index (χ4v) is 3.69. The van der Waals surface area contributed by atoms with E-state index in [0.717, 1.165) is 42.3 Å². The van der Waals surface area contributed by atoms with Crippen LogP contribution >= 0.6 is 0 Å². The van der Waals surface area contributed by atoms with Gasteiger partial charge in [-0.2, -0.15) is 0 Å². The van der Waals surface area contributed by atoms with Crippen molar-refractivity contribution < 1.29 is 19.4 Å². The van der Waals surface area contributed by atoms with E-state index in [9.17, 15) is 19.5 Å². The summed E-state index contributed by atoms with van der Waals surface area (Å²) in [6, 6.07) is 7.11. The Labute approximate surface area is 200 Å². The van der Waals surface area contributed by atoms with Gasteiger partial charge in [0.15, 0.2) is 0 Å². The molecule has 34 heavy (non-hydrogen) atoms. The highest BCUT2D eigenvalue weighted by atomic mass is 16.5. The van der Waals surface area contributed by atoms with E-state index in [-0.39, 0.29) is 12.5 Å². The predicted octanol–water partition coefficient (Wildman–Crippen LogP) is 3.56. The molecule has 2 aromatic rings. The highest BCUT2D eigenvalue weighted by Gasteiger charge is 2.34. The maximum Gasteiger partial charge on any atom is 0.347 e. The number of unbranched alkanes of at least 4 members (excludes halogenated alkanes) is 4. The zero-order chi connectivity index (χ0) is 25.1. The van der Waals surface area contributed by atoms with E-state index in [1.54, 1.807) is 19.1 Å². The molecular weight excluding hydrogens is 438 g/mol. The van der Waals surface area contributed by atoms with Gasteiger partial charge in [0.25, 0.3) is 5.88 Å². The minimum atomic E-state index is -1.27. The van der Waals surface area contributed by atoms with Crippen LogP contribution in [0.4, 0.5) is 0 Å². The van der Waals surface area contributed by atoms with Crippen LogP contribution in [0.2, 0.25) is 0 Å². The van der Waals surface area contributed by atoms with Gasteiger partial charge in [0.05, 0.1) is 6.61 Å². The van der Waals surface area contributed by atoms with E-state index in [0.29, 0.717) is 31.6 Å². The quantitative estimate of drug-likeness (QED) is 0.392. The number of hydrogen-bond acceptors (Lipinski definition) is 6. The van der Waals surface area contributed by atoms with E-state index < -0.39 is 22.8 Å². The summed E-state index contributed by atoms with van der Waals surface area (Å²) in [5.41, 5.74) is -1.29. The van der Waals surface area contributed by atoms with Crippen LogP contribution in [0.3, 0.4) is 0 Å². The first kappa shape index (κ1) is 27.1. The summed E-state index contributed by atoms with van der Waals surface area (Å²) in [5.74, 6) is -0.611. The van der Waals surface area contributed by atoms with Crippen molar-refractivity contribution in [2.45, 2.75) is 84.3 Å². The molecule has 0 spiro atoms. The van der Waals surface area contributed by atoms with Crippen LogP contribution in [0.25, 0.3) is 0 Å². The summed E-state index contributed by atoms with van der Waals surface area (Å²) in [5, 5.41) is 13.5. The molecule has 9 nitrogen and oxygen atoms in total. The summed E-state index contributed by atoms with van der Waals surface area (Å²) in [6.45, 7) is 6.17. The average Bonchev–Trinajstić information content (AvgIpc) is 2.80. The highest BCUT2D eigenvalue weighted by molar-refractivity contribution is 5.77. The van der Waals surface area contributed by atoms with Crippen LogP contribution < -0.4 is 20.7 Å². The number of carbonyl (C=O) groups is 1. The third-order valence-corrected chi connectivity index (χ3v) is 5.74. The molecule has 0 radical (unpaired) electrons. The largest absolute Gasteiger partial charge is 0.478 e. The van der Waals surface area contributed by atoms with Crippen molar-refractivity contribution in [2.24, 2.45) is 7.05 Å². The Morgan fingerprint density at radius 2 is 1.74 bits per heavy atom.